The molecule has 1 aromatic carbocycles. The normalized spacial score (nSPS) is 14.7. The van der Waals surface area contributed by atoms with E-state index in [1.165, 1.54) is 4.88 Å². The Bertz CT molecular complexity index is 916. The number of thiophene rings is 1. The van der Waals surface area contributed by atoms with Gasteiger partial charge in [-0.25, -0.2) is 4.79 Å². The molecule has 0 radical (unpaired) electrons. The molecular formula is C20H23N5O2S. The summed E-state index contributed by atoms with van der Waals surface area (Å²) >= 11 is 1.69. The van der Waals surface area contributed by atoms with Crippen molar-refractivity contribution >= 4 is 28.9 Å². The minimum Gasteiger partial charge on any atom is -0.495 e. The van der Waals surface area contributed by atoms with Gasteiger partial charge in [-0.2, -0.15) is 5.10 Å². The fourth-order valence-corrected chi connectivity index (χ4v) is 4.07. The Morgan fingerprint density at radius 2 is 2.07 bits per heavy atom. The van der Waals surface area contributed by atoms with Crippen LogP contribution in [0.1, 0.15) is 12.8 Å². The lowest BCUT2D eigenvalue weighted by Crippen LogP contribution is -2.46. The van der Waals surface area contributed by atoms with E-state index >= 15 is 0 Å². The molecule has 0 bridgehead atoms. The molecule has 4 rings (SSSR count). The monoisotopic (exact) mass is 397 g/mol. The molecule has 2 aromatic heterocycles. The lowest BCUT2D eigenvalue weighted by Gasteiger charge is -2.32. The standard InChI is InChI=1S/C20H23N5O2S/c1-27-17-6-3-2-5-15(17)22-20(26)21-14-8-10-25(11-9-14)19-13-16(23-24-19)18-7-4-12-28-18/h2-7,12-14H,8-11H2,1H3,(H,23,24)(H2,21,22,26). The first-order chi connectivity index (χ1) is 13.7. The zero-order valence-electron chi connectivity index (χ0n) is 15.6. The first-order valence-corrected chi connectivity index (χ1v) is 10.2. The SMILES string of the molecule is COc1ccccc1NC(=O)NC1CCN(c2cc(-c3cccs3)[nH]n2)CC1. The minimum absolute atomic E-state index is 0.140. The van der Waals surface area contributed by atoms with E-state index in [0.717, 1.165) is 37.4 Å². The molecule has 146 valence electrons. The summed E-state index contributed by atoms with van der Waals surface area (Å²) in [5, 5.41) is 15.5. The van der Waals surface area contributed by atoms with E-state index < -0.39 is 0 Å². The van der Waals surface area contributed by atoms with Gasteiger partial charge in [-0.1, -0.05) is 18.2 Å². The Morgan fingerprint density at radius 1 is 1.25 bits per heavy atom. The predicted molar refractivity (Wildman–Crippen MR) is 112 cm³/mol. The van der Waals surface area contributed by atoms with Crippen LogP contribution in [0.4, 0.5) is 16.3 Å². The average Bonchev–Trinajstić information content (AvgIpc) is 3.41. The first-order valence-electron chi connectivity index (χ1n) is 9.27. The van der Waals surface area contributed by atoms with Gasteiger partial charge in [-0.15, -0.1) is 11.3 Å². The number of rotatable bonds is 5. The maximum Gasteiger partial charge on any atom is 0.319 e. The van der Waals surface area contributed by atoms with E-state index in [4.69, 9.17) is 4.74 Å². The fraction of sp³-hybridized carbons (Fsp3) is 0.300. The van der Waals surface area contributed by atoms with Gasteiger partial charge < -0.3 is 20.3 Å². The molecule has 0 atom stereocenters. The van der Waals surface area contributed by atoms with E-state index in [9.17, 15) is 4.79 Å². The highest BCUT2D eigenvalue weighted by Crippen LogP contribution is 2.27. The molecule has 28 heavy (non-hydrogen) atoms. The molecule has 2 amide bonds. The highest BCUT2D eigenvalue weighted by atomic mass is 32.1. The van der Waals surface area contributed by atoms with Crippen molar-refractivity contribution in [3.8, 4) is 16.3 Å². The Kier molecular flexibility index (Phi) is 5.48. The van der Waals surface area contributed by atoms with Crippen molar-refractivity contribution in [2.45, 2.75) is 18.9 Å². The summed E-state index contributed by atoms with van der Waals surface area (Å²) in [7, 11) is 1.59. The lowest BCUT2D eigenvalue weighted by atomic mass is 10.1. The largest absolute Gasteiger partial charge is 0.495 e. The van der Waals surface area contributed by atoms with Crippen LogP contribution in [0.15, 0.2) is 47.8 Å². The topological polar surface area (TPSA) is 82.3 Å². The molecule has 0 unspecified atom stereocenters. The Labute approximate surface area is 167 Å². The molecular weight excluding hydrogens is 374 g/mol. The van der Waals surface area contributed by atoms with Crippen LogP contribution in [-0.4, -0.2) is 42.5 Å². The molecule has 7 nitrogen and oxygen atoms in total. The molecule has 3 heterocycles. The zero-order chi connectivity index (χ0) is 19.3. The number of nitrogens with one attached hydrogen (secondary N) is 3. The van der Waals surface area contributed by atoms with E-state index in [2.05, 4.69) is 43.2 Å². The molecule has 3 N–H and O–H groups in total. The van der Waals surface area contributed by atoms with Crippen molar-refractivity contribution in [3.63, 3.8) is 0 Å². The van der Waals surface area contributed by atoms with E-state index in [1.807, 2.05) is 30.3 Å². The number of amides is 2. The number of hydrogen-bond donors (Lipinski definition) is 3. The second-order valence-corrected chi connectivity index (χ2v) is 7.62. The van der Waals surface area contributed by atoms with Crippen LogP contribution >= 0.6 is 11.3 Å². The van der Waals surface area contributed by atoms with Gasteiger partial charge in [0.05, 0.1) is 23.4 Å². The van der Waals surface area contributed by atoms with Crippen LogP contribution in [0.2, 0.25) is 0 Å². The van der Waals surface area contributed by atoms with Gasteiger partial charge in [0.2, 0.25) is 0 Å². The maximum atomic E-state index is 12.3. The van der Waals surface area contributed by atoms with Gasteiger partial charge in [0, 0.05) is 25.2 Å². The number of hydrogen-bond acceptors (Lipinski definition) is 5. The summed E-state index contributed by atoms with van der Waals surface area (Å²) in [6, 6.07) is 13.5. The Morgan fingerprint density at radius 3 is 2.82 bits per heavy atom. The number of nitrogens with zero attached hydrogens (tertiary/aromatic N) is 2. The number of H-pyrrole nitrogens is 1. The van der Waals surface area contributed by atoms with Crippen LogP contribution in [0, 0.1) is 0 Å². The molecule has 3 aromatic rings. The van der Waals surface area contributed by atoms with Gasteiger partial charge in [0.1, 0.15) is 5.75 Å². The summed E-state index contributed by atoms with van der Waals surface area (Å²) in [4.78, 5) is 15.8. The number of carbonyl (C=O) groups is 1. The Balaban J connectivity index is 1.29. The maximum absolute atomic E-state index is 12.3. The molecule has 0 aliphatic carbocycles. The summed E-state index contributed by atoms with van der Waals surface area (Å²) in [5.41, 5.74) is 1.71. The predicted octanol–water partition coefficient (Wildman–Crippen LogP) is 3.94. The molecule has 8 heteroatoms. The molecule has 0 saturated carbocycles. The smallest absolute Gasteiger partial charge is 0.319 e. The number of ether oxygens (including phenoxy) is 1. The summed E-state index contributed by atoms with van der Waals surface area (Å²) in [6.45, 7) is 1.71. The van der Waals surface area contributed by atoms with Crippen LogP contribution < -0.4 is 20.3 Å². The highest BCUT2D eigenvalue weighted by molar-refractivity contribution is 7.13. The minimum atomic E-state index is -0.206. The Hall–Kier alpha value is -3.00. The van der Waals surface area contributed by atoms with Crippen molar-refractivity contribution in [1.82, 2.24) is 15.5 Å². The second-order valence-electron chi connectivity index (χ2n) is 6.68. The molecule has 0 spiro atoms. The van der Waals surface area contributed by atoms with Gasteiger partial charge in [0.15, 0.2) is 5.82 Å². The van der Waals surface area contributed by atoms with Gasteiger partial charge in [-0.3, -0.25) is 5.10 Å². The van der Waals surface area contributed by atoms with Crippen molar-refractivity contribution in [3.05, 3.63) is 47.8 Å². The molecule has 1 fully saturated rings. The average molecular weight is 398 g/mol. The number of urea groups is 1. The van der Waals surface area contributed by atoms with Crippen LogP contribution in [0.25, 0.3) is 10.6 Å². The second kappa shape index (κ2) is 8.35. The van der Waals surface area contributed by atoms with E-state index in [1.54, 1.807) is 18.4 Å². The van der Waals surface area contributed by atoms with E-state index in [-0.39, 0.29) is 12.1 Å². The molecule has 1 aliphatic rings. The van der Waals surface area contributed by atoms with Crippen LogP contribution in [0.3, 0.4) is 0 Å². The molecule has 1 aliphatic heterocycles. The third-order valence-electron chi connectivity index (χ3n) is 4.86. The number of aromatic amines is 1. The highest BCUT2D eigenvalue weighted by Gasteiger charge is 2.22. The fourth-order valence-electron chi connectivity index (χ4n) is 3.38. The van der Waals surface area contributed by atoms with Crippen molar-refractivity contribution in [2.75, 3.05) is 30.4 Å². The number of carbonyl (C=O) groups excluding carboxylic acids is 1. The van der Waals surface area contributed by atoms with Gasteiger partial charge >= 0.3 is 6.03 Å². The van der Waals surface area contributed by atoms with Crippen molar-refractivity contribution < 1.29 is 9.53 Å². The number of benzene rings is 1. The summed E-state index contributed by atoms with van der Waals surface area (Å²) in [5.74, 6) is 1.60. The lowest BCUT2D eigenvalue weighted by molar-refractivity contribution is 0.246. The first kappa shape index (κ1) is 18.4. The van der Waals surface area contributed by atoms with Gasteiger partial charge in [-0.05, 0) is 36.4 Å². The van der Waals surface area contributed by atoms with Crippen molar-refractivity contribution in [2.24, 2.45) is 0 Å². The van der Waals surface area contributed by atoms with Crippen LogP contribution in [-0.2, 0) is 0 Å². The number of anilines is 2. The quantitative estimate of drug-likeness (QED) is 0.609. The summed E-state index contributed by atoms with van der Waals surface area (Å²) < 4.78 is 5.27. The molecule has 1 saturated heterocycles. The number of piperidine rings is 1. The number of methoxy groups -OCH3 is 1. The van der Waals surface area contributed by atoms with Crippen molar-refractivity contribution in [1.29, 1.82) is 0 Å². The summed E-state index contributed by atoms with van der Waals surface area (Å²) in [6.07, 6.45) is 1.75. The third kappa shape index (κ3) is 4.12. The van der Waals surface area contributed by atoms with Crippen LogP contribution in [0.5, 0.6) is 5.75 Å². The van der Waals surface area contributed by atoms with E-state index in [0.29, 0.717) is 11.4 Å². The zero-order valence-corrected chi connectivity index (χ0v) is 16.5. The van der Waals surface area contributed by atoms with Gasteiger partial charge in [0.25, 0.3) is 0 Å². The number of para-hydroxylation sites is 2. The third-order valence-corrected chi connectivity index (χ3v) is 5.76. The number of aromatic nitrogens is 2.